The molecular weight excluding hydrogens is 232 g/mol. The SMILES string of the molecule is Cc1cc(-n2ccnc2)ccc1CC(=O)C(=O)O. The fourth-order valence-corrected chi connectivity index (χ4v) is 1.70. The van der Waals surface area contributed by atoms with Crippen molar-refractivity contribution in [2.75, 3.05) is 0 Å². The number of hydrogen-bond donors (Lipinski definition) is 1. The van der Waals surface area contributed by atoms with Crippen molar-refractivity contribution in [1.82, 2.24) is 9.55 Å². The average Bonchev–Trinajstić information content (AvgIpc) is 2.85. The molecule has 0 saturated carbocycles. The number of imidazole rings is 1. The first-order valence-electron chi connectivity index (χ1n) is 5.42. The summed E-state index contributed by atoms with van der Waals surface area (Å²) >= 11 is 0. The predicted molar refractivity (Wildman–Crippen MR) is 64.6 cm³/mol. The second-order valence-corrected chi connectivity index (χ2v) is 3.99. The van der Waals surface area contributed by atoms with Crippen LogP contribution in [0.5, 0.6) is 0 Å². The zero-order valence-electron chi connectivity index (χ0n) is 9.83. The van der Waals surface area contributed by atoms with Gasteiger partial charge in [0.2, 0.25) is 5.78 Å². The minimum absolute atomic E-state index is 0.0780. The van der Waals surface area contributed by atoms with Crippen LogP contribution < -0.4 is 0 Å². The van der Waals surface area contributed by atoms with Crippen molar-refractivity contribution in [3.05, 3.63) is 48.0 Å². The summed E-state index contributed by atoms with van der Waals surface area (Å²) in [6.45, 7) is 1.85. The van der Waals surface area contributed by atoms with E-state index in [1.165, 1.54) is 0 Å². The lowest BCUT2D eigenvalue weighted by molar-refractivity contribution is -0.148. The van der Waals surface area contributed by atoms with E-state index < -0.39 is 11.8 Å². The second kappa shape index (κ2) is 4.83. The van der Waals surface area contributed by atoms with Gasteiger partial charge in [-0.25, -0.2) is 9.78 Å². The fourth-order valence-electron chi connectivity index (χ4n) is 1.70. The Morgan fingerprint density at radius 1 is 1.39 bits per heavy atom. The van der Waals surface area contributed by atoms with Gasteiger partial charge in [0.15, 0.2) is 0 Å². The van der Waals surface area contributed by atoms with Gasteiger partial charge >= 0.3 is 5.97 Å². The van der Waals surface area contributed by atoms with Gasteiger partial charge in [0.25, 0.3) is 0 Å². The summed E-state index contributed by atoms with van der Waals surface area (Å²) in [6, 6.07) is 5.50. The highest BCUT2D eigenvalue weighted by Gasteiger charge is 2.13. The average molecular weight is 244 g/mol. The normalized spacial score (nSPS) is 10.3. The number of ketones is 1. The quantitative estimate of drug-likeness (QED) is 0.824. The van der Waals surface area contributed by atoms with Crippen LogP contribution in [0.1, 0.15) is 11.1 Å². The van der Waals surface area contributed by atoms with Crippen molar-refractivity contribution in [3.8, 4) is 5.69 Å². The molecule has 0 atom stereocenters. The molecule has 1 aromatic heterocycles. The van der Waals surface area contributed by atoms with Crippen LogP contribution in [0.4, 0.5) is 0 Å². The molecule has 92 valence electrons. The summed E-state index contributed by atoms with van der Waals surface area (Å²) in [5, 5.41) is 8.58. The van der Waals surface area contributed by atoms with Crippen LogP contribution in [-0.2, 0) is 16.0 Å². The number of carboxylic acid groups (broad SMARTS) is 1. The molecule has 18 heavy (non-hydrogen) atoms. The smallest absolute Gasteiger partial charge is 0.372 e. The van der Waals surface area contributed by atoms with Crippen molar-refractivity contribution in [3.63, 3.8) is 0 Å². The zero-order valence-corrected chi connectivity index (χ0v) is 9.83. The number of carbonyl (C=O) groups is 2. The Kier molecular flexibility index (Phi) is 3.23. The molecule has 0 radical (unpaired) electrons. The largest absolute Gasteiger partial charge is 0.475 e. The highest BCUT2D eigenvalue weighted by atomic mass is 16.4. The van der Waals surface area contributed by atoms with E-state index in [1.54, 1.807) is 18.6 Å². The first-order valence-corrected chi connectivity index (χ1v) is 5.42. The van der Waals surface area contributed by atoms with Gasteiger partial charge < -0.3 is 9.67 Å². The Morgan fingerprint density at radius 2 is 2.17 bits per heavy atom. The molecule has 0 bridgehead atoms. The number of aryl methyl sites for hydroxylation is 1. The number of carboxylic acids is 1. The first kappa shape index (κ1) is 12.0. The number of rotatable bonds is 4. The van der Waals surface area contributed by atoms with E-state index in [0.717, 1.165) is 16.8 Å². The van der Waals surface area contributed by atoms with Gasteiger partial charge in [-0.1, -0.05) is 6.07 Å². The molecule has 1 aromatic carbocycles. The van der Waals surface area contributed by atoms with Gasteiger partial charge in [0, 0.05) is 24.5 Å². The van der Waals surface area contributed by atoms with Crippen molar-refractivity contribution in [2.45, 2.75) is 13.3 Å². The molecule has 5 heteroatoms. The Labute approximate surface area is 104 Å². The highest BCUT2D eigenvalue weighted by molar-refractivity contribution is 6.33. The molecule has 1 heterocycles. The maximum Gasteiger partial charge on any atom is 0.372 e. The molecule has 0 aliphatic rings. The van der Waals surface area contributed by atoms with E-state index in [4.69, 9.17) is 5.11 Å². The Balaban J connectivity index is 2.26. The number of aliphatic carboxylic acids is 1. The van der Waals surface area contributed by atoms with Gasteiger partial charge in [-0.2, -0.15) is 0 Å². The number of benzene rings is 1. The summed E-state index contributed by atoms with van der Waals surface area (Å²) in [5.41, 5.74) is 2.54. The molecule has 0 aliphatic heterocycles. The van der Waals surface area contributed by atoms with E-state index in [-0.39, 0.29) is 6.42 Å². The molecule has 1 N–H and O–H groups in total. The molecule has 2 aromatic rings. The topological polar surface area (TPSA) is 72.2 Å². The van der Waals surface area contributed by atoms with E-state index in [1.807, 2.05) is 29.8 Å². The van der Waals surface area contributed by atoms with Crippen molar-refractivity contribution >= 4 is 11.8 Å². The van der Waals surface area contributed by atoms with E-state index in [0.29, 0.717) is 0 Å². The van der Waals surface area contributed by atoms with Gasteiger partial charge in [0.05, 0.1) is 6.33 Å². The lowest BCUT2D eigenvalue weighted by Gasteiger charge is -2.07. The third kappa shape index (κ3) is 2.45. The van der Waals surface area contributed by atoms with Crippen LogP contribution in [-0.4, -0.2) is 26.4 Å². The van der Waals surface area contributed by atoms with Gasteiger partial charge in [-0.05, 0) is 30.2 Å². The van der Waals surface area contributed by atoms with E-state index in [9.17, 15) is 9.59 Å². The minimum Gasteiger partial charge on any atom is -0.475 e. The maximum absolute atomic E-state index is 11.2. The van der Waals surface area contributed by atoms with Crippen LogP contribution in [0.15, 0.2) is 36.9 Å². The van der Waals surface area contributed by atoms with Crippen LogP contribution in [0.2, 0.25) is 0 Å². The van der Waals surface area contributed by atoms with Gasteiger partial charge in [0.1, 0.15) is 0 Å². The third-order valence-electron chi connectivity index (χ3n) is 2.72. The van der Waals surface area contributed by atoms with Gasteiger partial charge in [-0.3, -0.25) is 4.79 Å². The predicted octanol–water partition coefficient (Wildman–Crippen LogP) is 1.38. The summed E-state index contributed by atoms with van der Waals surface area (Å²) in [5.74, 6) is -2.19. The number of carbonyl (C=O) groups excluding carboxylic acids is 1. The number of Topliss-reactive ketones (excluding diaryl/α,β-unsaturated/α-hetero) is 1. The Morgan fingerprint density at radius 3 is 2.72 bits per heavy atom. The number of nitrogens with zero attached hydrogens (tertiary/aromatic N) is 2. The lowest BCUT2D eigenvalue weighted by Crippen LogP contribution is -2.15. The van der Waals surface area contributed by atoms with E-state index in [2.05, 4.69) is 4.98 Å². The Bertz CT molecular complexity index is 588. The molecule has 0 aliphatic carbocycles. The molecule has 0 fully saturated rings. The standard InChI is InChI=1S/C13H12N2O3/c1-9-6-11(15-5-4-14-8-15)3-2-10(9)7-12(16)13(17)18/h2-6,8H,7H2,1H3,(H,17,18). The fraction of sp³-hybridized carbons (Fsp3) is 0.154. The lowest BCUT2D eigenvalue weighted by atomic mass is 10.0. The van der Waals surface area contributed by atoms with E-state index >= 15 is 0 Å². The molecule has 0 unspecified atom stereocenters. The summed E-state index contributed by atoms with van der Waals surface area (Å²) in [6.07, 6.45) is 5.09. The van der Waals surface area contributed by atoms with Crippen LogP contribution in [0.25, 0.3) is 5.69 Å². The second-order valence-electron chi connectivity index (χ2n) is 3.99. The van der Waals surface area contributed by atoms with Crippen molar-refractivity contribution < 1.29 is 14.7 Å². The van der Waals surface area contributed by atoms with Crippen molar-refractivity contribution in [1.29, 1.82) is 0 Å². The highest BCUT2D eigenvalue weighted by Crippen LogP contribution is 2.15. The molecule has 2 rings (SSSR count). The molecule has 0 spiro atoms. The number of aromatic nitrogens is 2. The Hall–Kier alpha value is -2.43. The molecule has 0 saturated heterocycles. The summed E-state index contributed by atoms with van der Waals surface area (Å²) in [4.78, 5) is 25.6. The molecular formula is C13H12N2O3. The summed E-state index contributed by atoms with van der Waals surface area (Å²) in [7, 11) is 0. The number of hydrogen-bond acceptors (Lipinski definition) is 3. The van der Waals surface area contributed by atoms with Crippen LogP contribution in [0, 0.1) is 6.92 Å². The molecule has 0 amide bonds. The van der Waals surface area contributed by atoms with Crippen LogP contribution in [0.3, 0.4) is 0 Å². The van der Waals surface area contributed by atoms with Gasteiger partial charge in [-0.15, -0.1) is 0 Å². The molecule has 5 nitrogen and oxygen atoms in total. The third-order valence-corrected chi connectivity index (χ3v) is 2.72. The monoisotopic (exact) mass is 244 g/mol. The maximum atomic E-state index is 11.2. The summed E-state index contributed by atoms with van der Waals surface area (Å²) < 4.78 is 1.84. The van der Waals surface area contributed by atoms with Crippen LogP contribution >= 0.6 is 0 Å². The van der Waals surface area contributed by atoms with Crippen molar-refractivity contribution in [2.24, 2.45) is 0 Å². The minimum atomic E-state index is -1.40. The first-order chi connectivity index (χ1) is 8.58. The zero-order chi connectivity index (χ0) is 13.1.